The first-order valence-electron chi connectivity index (χ1n) is 8.38. The summed E-state index contributed by atoms with van der Waals surface area (Å²) in [5.74, 6) is 1.31. The van der Waals surface area contributed by atoms with E-state index >= 15 is 0 Å². The van der Waals surface area contributed by atoms with Gasteiger partial charge in [0.15, 0.2) is 6.29 Å². The number of hydrogen-bond acceptors (Lipinski definition) is 5. The lowest BCUT2D eigenvalue weighted by Crippen LogP contribution is -2.31. The summed E-state index contributed by atoms with van der Waals surface area (Å²) in [4.78, 5) is 16.2. The van der Waals surface area contributed by atoms with Crippen LogP contribution in [-0.4, -0.2) is 36.5 Å². The van der Waals surface area contributed by atoms with Crippen molar-refractivity contribution in [3.05, 3.63) is 34.2 Å². The van der Waals surface area contributed by atoms with Crippen molar-refractivity contribution in [1.29, 1.82) is 0 Å². The van der Waals surface area contributed by atoms with Gasteiger partial charge in [-0.2, -0.15) is 0 Å². The second-order valence-corrected chi connectivity index (χ2v) is 7.85. The number of carbonyl (C=O) groups is 1. The first-order chi connectivity index (χ1) is 11.7. The molecule has 0 atom stereocenters. The van der Waals surface area contributed by atoms with Crippen molar-refractivity contribution in [2.24, 2.45) is 5.92 Å². The Labute approximate surface area is 145 Å². The molecule has 0 radical (unpaired) electrons. The van der Waals surface area contributed by atoms with Gasteiger partial charge in [-0.3, -0.25) is 9.69 Å². The number of methoxy groups -OCH3 is 1. The lowest BCUT2D eigenvalue weighted by atomic mass is 10.1. The molecular formula is C19H21NO3S. The van der Waals surface area contributed by atoms with E-state index in [-0.39, 0.29) is 11.3 Å². The fraction of sp³-hybridized carbons (Fsp3) is 0.421. The van der Waals surface area contributed by atoms with E-state index in [1.807, 2.05) is 6.07 Å². The van der Waals surface area contributed by atoms with Crippen molar-refractivity contribution < 1.29 is 14.6 Å². The second-order valence-electron chi connectivity index (χ2n) is 6.72. The van der Waals surface area contributed by atoms with Gasteiger partial charge in [0.05, 0.1) is 12.7 Å². The summed E-state index contributed by atoms with van der Waals surface area (Å²) in [7, 11) is 1.51. The zero-order valence-corrected chi connectivity index (χ0v) is 14.6. The number of carbonyl (C=O) groups excluding carboxylic acids is 1. The van der Waals surface area contributed by atoms with E-state index in [0.29, 0.717) is 12.0 Å². The van der Waals surface area contributed by atoms with Crippen LogP contribution in [0.1, 0.15) is 33.6 Å². The van der Waals surface area contributed by atoms with Crippen LogP contribution in [0, 0.1) is 5.92 Å². The number of aldehydes is 1. The number of nitrogens with zero attached hydrogens (tertiary/aromatic N) is 1. The lowest BCUT2D eigenvalue weighted by molar-refractivity contribution is 0.111. The second kappa shape index (κ2) is 6.22. The van der Waals surface area contributed by atoms with Crippen molar-refractivity contribution in [1.82, 2.24) is 4.90 Å². The molecule has 2 aliphatic rings. The van der Waals surface area contributed by atoms with Crippen molar-refractivity contribution in [2.75, 3.05) is 20.2 Å². The molecule has 1 aromatic heterocycles. The van der Waals surface area contributed by atoms with Crippen molar-refractivity contribution in [3.8, 4) is 21.9 Å². The first-order valence-corrected chi connectivity index (χ1v) is 9.20. The van der Waals surface area contributed by atoms with Crippen LogP contribution in [0.5, 0.6) is 11.5 Å². The van der Waals surface area contributed by atoms with Gasteiger partial charge in [0.1, 0.15) is 11.5 Å². The minimum atomic E-state index is -0.0268. The molecule has 4 nitrogen and oxygen atoms in total. The molecule has 126 valence electrons. The van der Waals surface area contributed by atoms with E-state index in [0.717, 1.165) is 35.9 Å². The molecule has 0 spiro atoms. The van der Waals surface area contributed by atoms with Gasteiger partial charge in [0.2, 0.25) is 0 Å². The number of ether oxygens (including phenoxy) is 1. The summed E-state index contributed by atoms with van der Waals surface area (Å²) in [6.07, 6.45) is 4.51. The number of phenols is 1. The normalized spacial score (nSPS) is 17.5. The van der Waals surface area contributed by atoms with Crippen molar-refractivity contribution >= 4 is 17.6 Å². The highest BCUT2D eigenvalue weighted by molar-refractivity contribution is 7.15. The Morgan fingerprint density at radius 1 is 1.38 bits per heavy atom. The molecule has 1 aromatic carbocycles. The van der Waals surface area contributed by atoms with Crippen LogP contribution in [-0.2, 0) is 13.0 Å². The van der Waals surface area contributed by atoms with Gasteiger partial charge >= 0.3 is 0 Å². The average molecular weight is 343 g/mol. The number of fused-ring (bicyclic) bond motifs is 1. The Morgan fingerprint density at radius 2 is 2.21 bits per heavy atom. The molecule has 4 rings (SSSR count). The van der Waals surface area contributed by atoms with Crippen LogP contribution in [0.4, 0.5) is 0 Å². The van der Waals surface area contributed by atoms with Crippen LogP contribution in [0.2, 0.25) is 0 Å². The molecule has 24 heavy (non-hydrogen) atoms. The average Bonchev–Trinajstić information content (AvgIpc) is 3.29. The topological polar surface area (TPSA) is 49.8 Å². The van der Waals surface area contributed by atoms with E-state index in [2.05, 4.69) is 11.0 Å². The standard InChI is InChI=1S/C19H21NO3S/c1-23-17-7-13(6-16(22)15(17)11-21)19-8-14-10-20(9-12-2-3-12)5-4-18(14)24-19/h6-8,11-12,22H,2-5,9-10H2,1H3. The molecular weight excluding hydrogens is 322 g/mol. The van der Waals surface area contributed by atoms with E-state index in [4.69, 9.17) is 4.74 Å². The highest BCUT2D eigenvalue weighted by Gasteiger charge is 2.27. The fourth-order valence-corrected chi connectivity index (χ4v) is 4.55. The monoisotopic (exact) mass is 343 g/mol. The maximum Gasteiger partial charge on any atom is 0.157 e. The Bertz CT molecular complexity index is 779. The van der Waals surface area contributed by atoms with Crippen LogP contribution in [0.15, 0.2) is 18.2 Å². The van der Waals surface area contributed by atoms with Gasteiger partial charge in [0.25, 0.3) is 0 Å². The summed E-state index contributed by atoms with van der Waals surface area (Å²) >= 11 is 1.78. The van der Waals surface area contributed by atoms with Crippen molar-refractivity contribution in [2.45, 2.75) is 25.8 Å². The lowest BCUT2D eigenvalue weighted by Gasteiger charge is -2.26. The third kappa shape index (κ3) is 2.94. The molecule has 1 fully saturated rings. The Kier molecular flexibility index (Phi) is 4.06. The van der Waals surface area contributed by atoms with E-state index < -0.39 is 0 Å². The van der Waals surface area contributed by atoms with E-state index in [9.17, 15) is 9.90 Å². The summed E-state index contributed by atoms with van der Waals surface area (Å²) < 4.78 is 5.25. The molecule has 0 bridgehead atoms. The summed E-state index contributed by atoms with van der Waals surface area (Å²) in [6.45, 7) is 3.40. The molecule has 2 heterocycles. The highest BCUT2D eigenvalue weighted by Crippen LogP contribution is 2.40. The third-order valence-electron chi connectivity index (χ3n) is 4.90. The highest BCUT2D eigenvalue weighted by atomic mass is 32.1. The SMILES string of the molecule is COc1cc(-c2cc3c(s2)CCN(CC2CC2)C3)cc(O)c1C=O. The smallest absolute Gasteiger partial charge is 0.157 e. The molecule has 1 aliphatic carbocycles. The molecule has 2 aromatic rings. The molecule has 0 saturated heterocycles. The van der Waals surface area contributed by atoms with Crippen LogP contribution < -0.4 is 4.74 Å². The largest absolute Gasteiger partial charge is 0.507 e. The Balaban J connectivity index is 1.63. The number of hydrogen-bond donors (Lipinski definition) is 1. The minimum absolute atomic E-state index is 0.0268. The van der Waals surface area contributed by atoms with Crippen LogP contribution in [0.3, 0.4) is 0 Å². The van der Waals surface area contributed by atoms with E-state index in [1.165, 1.54) is 36.9 Å². The molecule has 0 amide bonds. The quantitative estimate of drug-likeness (QED) is 0.841. The number of rotatable bonds is 5. The van der Waals surface area contributed by atoms with Gasteiger partial charge in [-0.25, -0.2) is 0 Å². The van der Waals surface area contributed by atoms with Gasteiger partial charge in [-0.1, -0.05) is 0 Å². The fourth-order valence-electron chi connectivity index (χ4n) is 3.40. The zero-order chi connectivity index (χ0) is 16.7. The predicted molar refractivity (Wildman–Crippen MR) is 95.1 cm³/mol. The first kappa shape index (κ1) is 15.7. The van der Waals surface area contributed by atoms with Crippen LogP contribution in [0.25, 0.3) is 10.4 Å². The summed E-state index contributed by atoms with van der Waals surface area (Å²) in [6, 6.07) is 5.72. The van der Waals surface area contributed by atoms with Gasteiger partial charge in [0, 0.05) is 29.4 Å². The number of aromatic hydroxyl groups is 1. The van der Waals surface area contributed by atoms with Gasteiger partial charge in [-0.05, 0) is 54.5 Å². The van der Waals surface area contributed by atoms with Crippen molar-refractivity contribution in [3.63, 3.8) is 0 Å². The summed E-state index contributed by atoms with van der Waals surface area (Å²) in [5, 5.41) is 10.1. The number of benzene rings is 1. The molecule has 0 unspecified atom stereocenters. The molecule has 1 N–H and O–H groups in total. The third-order valence-corrected chi connectivity index (χ3v) is 6.19. The number of thiophene rings is 1. The molecule has 1 aliphatic heterocycles. The predicted octanol–water partition coefficient (Wildman–Crippen LogP) is 3.71. The Morgan fingerprint density at radius 3 is 2.92 bits per heavy atom. The van der Waals surface area contributed by atoms with Crippen LogP contribution >= 0.6 is 11.3 Å². The minimum Gasteiger partial charge on any atom is -0.507 e. The molecule has 1 saturated carbocycles. The maximum atomic E-state index is 11.1. The Hall–Kier alpha value is -1.85. The maximum absolute atomic E-state index is 11.1. The molecule has 5 heteroatoms. The van der Waals surface area contributed by atoms with Gasteiger partial charge < -0.3 is 9.84 Å². The van der Waals surface area contributed by atoms with E-state index in [1.54, 1.807) is 17.4 Å². The zero-order valence-electron chi connectivity index (χ0n) is 13.7. The summed E-state index contributed by atoms with van der Waals surface area (Å²) in [5.41, 5.74) is 2.51. The van der Waals surface area contributed by atoms with Gasteiger partial charge in [-0.15, -0.1) is 11.3 Å². The number of phenolic OH excluding ortho intramolecular Hbond substituents is 1.